The lowest BCUT2D eigenvalue weighted by atomic mass is 9.51. The molecule has 0 aromatic carbocycles. The third-order valence-corrected chi connectivity index (χ3v) is 8.16. The second-order valence-corrected chi connectivity index (χ2v) is 8.92. The molecule has 4 rings (SSSR count). The number of ketones is 2. The quantitative estimate of drug-likeness (QED) is 0.763. The molecule has 0 saturated heterocycles. The molecule has 136 valence electrons. The van der Waals surface area contributed by atoms with E-state index in [4.69, 9.17) is 4.74 Å². The van der Waals surface area contributed by atoms with Crippen LogP contribution in [0.15, 0.2) is 22.8 Å². The fraction of sp³-hybridized carbons (Fsp3) is 0.727. The van der Waals surface area contributed by atoms with E-state index in [-0.39, 0.29) is 10.8 Å². The van der Waals surface area contributed by atoms with Gasteiger partial charge >= 0.3 is 0 Å². The summed E-state index contributed by atoms with van der Waals surface area (Å²) < 4.78 is 5.56. The summed E-state index contributed by atoms with van der Waals surface area (Å²) in [6.45, 7) is 4.70. The average Bonchev–Trinajstić information content (AvgIpc) is 2.88. The Bertz CT molecular complexity index is 685. The normalized spacial score (nSPS) is 40.3. The minimum absolute atomic E-state index is 0.0509. The molecule has 0 aromatic heterocycles. The number of fused-ring (bicyclic) bond motifs is 4. The van der Waals surface area contributed by atoms with Gasteiger partial charge in [0, 0.05) is 13.5 Å². The number of Topliss-reactive ketones (excluding diaryl/α,β-unsaturated/α-hetero) is 1. The van der Waals surface area contributed by atoms with Gasteiger partial charge in [-0.2, -0.15) is 0 Å². The summed E-state index contributed by atoms with van der Waals surface area (Å²) >= 11 is 0. The monoisotopic (exact) mass is 342 g/mol. The predicted octanol–water partition coefficient (Wildman–Crippen LogP) is 4.41. The van der Waals surface area contributed by atoms with Gasteiger partial charge in [0.15, 0.2) is 5.78 Å². The number of hydrogen-bond acceptors (Lipinski definition) is 3. The summed E-state index contributed by atoms with van der Waals surface area (Å²) in [5.74, 6) is 1.81. The first-order chi connectivity index (χ1) is 11.9. The number of carbonyl (C=O) groups is 2. The molecule has 3 heteroatoms. The van der Waals surface area contributed by atoms with Gasteiger partial charge in [0.1, 0.15) is 5.78 Å². The fourth-order valence-electron chi connectivity index (χ4n) is 6.83. The molecule has 3 nitrogen and oxygen atoms in total. The Morgan fingerprint density at radius 3 is 2.72 bits per heavy atom. The maximum absolute atomic E-state index is 12.7. The number of rotatable bonds is 3. The van der Waals surface area contributed by atoms with Crippen molar-refractivity contribution in [3.63, 3.8) is 0 Å². The molecule has 2 fully saturated rings. The van der Waals surface area contributed by atoms with Crippen molar-refractivity contribution in [1.82, 2.24) is 0 Å². The summed E-state index contributed by atoms with van der Waals surface area (Å²) in [4.78, 5) is 24.5. The molecule has 0 bridgehead atoms. The summed E-state index contributed by atoms with van der Waals surface area (Å²) in [5.41, 5.74) is 4.20. The van der Waals surface area contributed by atoms with E-state index in [1.165, 1.54) is 11.1 Å². The summed E-state index contributed by atoms with van der Waals surface area (Å²) in [6.07, 6.45) is 10.0. The zero-order chi connectivity index (χ0) is 17.8. The van der Waals surface area contributed by atoms with E-state index >= 15 is 0 Å². The summed E-state index contributed by atoms with van der Waals surface area (Å²) in [7, 11) is 1.73. The minimum atomic E-state index is -0.304. The van der Waals surface area contributed by atoms with E-state index in [0.29, 0.717) is 36.4 Å². The smallest absolute Gasteiger partial charge is 0.156 e. The molecule has 2 saturated carbocycles. The molecule has 0 aromatic rings. The highest BCUT2D eigenvalue weighted by atomic mass is 16.5. The number of carbonyl (C=O) groups excluding carboxylic acids is 2. The van der Waals surface area contributed by atoms with Crippen molar-refractivity contribution in [3.8, 4) is 0 Å². The molecule has 0 amide bonds. The number of allylic oxidation sites excluding steroid dienone is 4. The van der Waals surface area contributed by atoms with Gasteiger partial charge in [-0.1, -0.05) is 12.5 Å². The average molecular weight is 342 g/mol. The Morgan fingerprint density at radius 2 is 2.00 bits per heavy atom. The standard InChI is InChI=1S/C22H30O3/c1-14(23)22(13-25-3)11-9-20-19-6-4-15-12-16(24)5-7-17(15)18(19)8-10-21(20,22)2/h12,19-20H,4-11,13H2,1-3H3/t19?,20?,21-,22-/m0/s1. The number of hydrogen-bond donors (Lipinski definition) is 0. The van der Waals surface area contributed by atoms with Crippen LogP contribution in [0.25, 0.3) is 0 Å². The predicted molar refractivity (Wildman–Crippen MR) is 97.1 cm³/mol. The van der Waals surface area contributed by atoms with Gasteiger partial charge in [0.25, 0.3) is 0 Å². The number of methoxy groups -OCH3 is 1. The highest BCUT2D eigenvalue weighted by Crippen LogP contribution is 2.67. The lowest BCUT2D eigenvalue weighted by Gasteiger charge is -2.52. The van der Waals surface area contributed by atoms with Crippen LogP contribution in [0.2, 0.25) is 0 Å². The van der Waals surface area contributed by atoms with Gasteiger partial charge in [0.2, 0.25) is 0 Å². The molecular weight excluding hydrogens is 312 g/mol. The maximum Gasteiger partial charge on any atom is 0.156 e. The van der Waals surface area contributed by atoms with Gasteiger partial charge in [-0.05, 0) is 86.3 Å². The van der Waals surface area contributed by atoms with E-state index in [1.54, 1.807) is 19.6 Å². The van der Waals surface area contributed by atoms with E-state index in [9.17, 15) is 9.59 Å². The van der Waals surface area contributed by atoms with Crippen molar-refractivity contribution in [1.29, 1.82) is 0 Å². The van der Waals surface area contributed by atoms with Gasteiger partial charge in [0.05, 0.1) is 12.0 Å². The van der Waals surface area contributed by atoms with Crippen molar-refractivity contribution in [3.05, 3.63) is 22.8 Å². The van der Waals surface area contributed by atoms with Crippen LogP contribution in [-0.2, 0) is 14.3 Å². The maximum atomic E-state index is 12.7. The second kappa shape index (κ2) is 5.90. The molecule has 2 unspecified atom stereocenters. The van der Waals surface area contributed by atoms with Crippen molar-refractivity contribution >= 4 is 11.6 Å². The van der Waals surface area contributed by atoms with Crippen molar-refractivity contribution in [2.24, 2.45) is 22.7 Å². The van der Waals surface area contributed by atoms with E-state index in [2.05, 4.69) is 6.92 Å². The lowest BCUT2D eigenvalue weighted by molar-refractivity contribution is -0.141. The zero-order valence-corrected chi connectivity index (χ0v) is 15.8. The first kappa shape index (κ1) is 17.2. The molecule has 0 heterocycles. The Morgan fingerprint density at radius 1 is 1.20 bits per heavy atom. The molecule has 4 aliphatic rings. The van der Waals surface area contributed by atoms with Gasteiger partial charge in [-0.3, -0.25) is 9.59 Å². The minimum Gasteiger partial charge on any atom is -0.384 e. The summed E-state index contributed by atoms with van der Waals surface area (Å²) in [5, 5.41) is 0. The Hall–Kier alpha value is -1.22. The van der Waals surface area contributed by atoms with Crippen molar-refractivity contribution in [2.75, 3.05) is 13.7 Å². The topological polar surface area (TPSA) is 43.4 Å². The molecule has 4 aliphatic carbocycles. The molecule has 4 atom stereocenters. The van der Waals surface area contributed by atoms with Gasteiger partial charge in [-0.25, -0.2) is 0 Å². The molecule has 25 heavy (non-hydrogen) atoms. The lowest BCUT2D eigenvalue weighted by Crippen LogP contribution is -2.51. The second-order valence-electron chi connectivity index (χ2n) is 8.92. The van der Waals surface area contributed by atoms with Crippen LogP contribution < -0.4 is 0 Å². The van der Waals surface area contributed by atoms with Gasteiger partial charge in [-0.15, -0.1) is 0 Å². The van der Waals surface area contributed by atoms with Crippen LogP contribution in [0, 0.1) is 22.7 Å². The summed E-state index contributed by atoms with van der Waals surface area (Å²) in [6, 6.07) is 0. The molecule has 0 spiro atoms. The Labute approximate surface area is 150 Å². The fourth-order valence-corrected chi connectivity index (χ4v) is 6.83. The zero-order valence-electron chi connectivity index (χ0n) is 15.8. The van der Waals surface area contributed by atoms with E-state index < -0.39 is 0 Å². The third-order valence-electron chi connectivity index (χ3n) is 8.16. The first-order valence-corrected chi connectivity index (χ1v) is 9.88. The van der Waals surface area contributed by atoms with Gasteiger partial charge < -0.3 is 4.74 Å². The SMILES string of the molecule is COC[C@]1(C(C)=O)CCC2C3CCC4=CC(=O)CCC4=C3CC[C@@]21C. The van der Waals surface area contributed by atoms with Crippen LogP contribution in [0.3, 0.4) is 0 Å². The van der Waals surface area contributed by atoms with Crippen LogP contribution in [-0.4, -0.2) is 25.3 Å². The van der Waals surface area contributed by atoms with Crippen LogP contribution in [0.4, 0.5) is 0 Å². The molecule has 0 N–H and O–H groups in total. The van der Waals surface area contributed by atoms with Crippen LogP contribution in [0.1, 0.15) is 65.2 Å². The van der Waals surface area contributed by atoms with E-state index in [0.717, 1.165) is 44.9 Å². The molecule has 0 aliphatic heterocycles. The third kappa shape index (κ3) is 2.27. The van der Waals surface area contributed by atoms with Crippen LogP contribution in [0.5, 0.6) is 0 Å². The van der Waals surface area contributed by atoms with E-state index in [1.807, 2.05) is 6.08 Å². The molecule has 0 radical (unpaired) electrons. The van der Waals surface area contributed by atoms with Crippen LogP contribution >= 0.6 is 0 Å². The Kier molecular flexibility index (Phi) is 4.06. The largest absolute Gasteiger partial charge is 0.384 e. The first-order valence-electron chi connectivity index (χ1n) is 9.88. The number of ether oxygens (including phenoxy) is 1. The Balaban J connectivity index is 1.73. The highest BCUT2D eigenvalue weighted by Gasteiger charge is 2.63. The molecular formula is C22H30O3. The van der Waals surface area contributed by atoms with Crippen molar-refractivity contribution in [2.45, 2.75) is 65.2 Å². The highest BCUT2D eigenvalue weighted by molar-refractivity contribution is 5.93. The van der Waals surface area contributed by atoms with Crippen molar-refractivity contribution < 1.29 is 14.3 Å².